The Morgan fingerprint density at radius 1 is 1.03 bits per heavy atom. The van der Waals surface area contributed by atoms with Gasteiger partial charge in [0.05, 0.1) is 24.8 Å². The van der Waals surface area contributed by atoms with E-state index in [9.17, 15) is 5.11 Å². The van der Waals surface area contributed by atoms with Crippen LogP contribution in [0.5, 0.6) is 0 Å². The predicted octanol–water partition coefficient (Wildman–Crippen LogP) is 1.98. The minimum Gasteiger partial charge on any atom is -0.390 e. The zero-order valence-corrected chi connectivity index (χ0v) is 17.3. The van der Waals surface area contributed by atoms with E-state index < -0.39 is 6.10 Å². The van der Waals surface area contributed by atoms with Crippen LogP contribution in [0.15, 0.2) is 54.9 Å². The first-order valence-corrected chi connectivity index (χ1v) is 11.1. The lowest BCUT2D eigenvalue weighted by Crippen LogP contribution is -2.65. The Kier molecular flexibility index (Phi) is 6.11. The Balaban J connectivity index is 1.20. The van der Waals surface area contributed by atoms with E-state index in [-0.39, 0.29) is 24.5 Å². The molecule has 5 rings (SSSR count). The molecule has 1 aromatic carbocycles. The highest BCUT2D eigenvalue weighted by Gasteiger charge is 2.52. The molecule has 0 unspecified atom stereocenters. The van der Waals surface area contributed by atoms with Crippen LogP contribution in [0.3, 0.4) is 0 Å². The molecule has 6 nitrogen and oxygen atoms in total. The van der Waals surface area contributed by atoms with E-state index in [4.69, 9.17) is 9.47 Å². The molecule has 0 spiro atoms. The maximum absolute atomic E-state index is 11.3. The lowest BCUT2D eigenvalue weighted by atomic mass is 9.87. The molecule has 2 N–H and O–H groups in total. The number of hydrogen-bond acceptors (Lipinski definition) is 6. The quantitative estimate of drug-likeness (QED) is 0.761. The number of piperidine rings is 1. The van der Waals surface area contributed by atoms with Gasteiger partial charge in [-0.3, -0.25) is 9.88 Å². The molecular formula is C24H31N3O3. The largest absolute Gasteiger partial charge is 0.390 e. The van der Waals surface area contributed by atoms with Gasteiger partial charge in [-0.2, -0.15) is 0 Å². The van der Waals surface area contributed by atoms with E-state index >= 15 is 0 Å². The number of aliphatic hydroxyl groups excluding tert-OH is 1. The first kappa shape index (κ1) is 20.1. The van der Waals surface area contributed by atoms with Crippen LogP contribution in [0.2, 0.25) is 0 Å². The third-order valence-electron chi connectivity index (χ3n) is 6.86. The number of aromatic nitrogens is 1. The molecular weight excluding hydrogens is 378 g/mol. The zero-order valence-electron chi connectivity index (χ0n) is 17.3. The molecule has 5 atom stereocenters. The highest BCUT2D eigenvalue weighted by atomic mass is 16.7. The van der Waals surface area contributed by atoms with Crippen LogP contribution in [0.25, 0.3) is 0 Å². The maximum atomic E-state index is 11.3. The Morgan fingerprint density at radius 3 is 2.57 bits per heavy atom. The van der Waals surface area contributed by atoms with Crippen LogP contribution >= 0.6 is 0 Å². The lowest BCUT2D eigenvalue weighted by Gasteiger charge is -2.46. The average Bonchev–Trinajstić information content (AvgIpc) is 3.21. The zero-order chi connectivity index (χ0) is 20.3. The van der Waals surface area contributed by atoms with Gasteiger partial charge in [0.1, 0.15) is 6.10 Å². The number of rotatable bonds is 6. The second kappa shape index (κ2) is 9.12. The number of ether oxygens (including phenoxy) is 2. The normalized spacial score (nSPS) is 32.4. The number of aliphatic hydroxyl groups is 1. The number of fused-ring (bicyclic) bond motifs is 2. The summed E-state index contributed by atoms with van der Waals surface area (Å²) in [7, 11) is 0. The van der Waals surface area contributed by atoms with Crippen molar-refractivity contribution in [2.45, 2.75) is 56.4 Å². The van der Waals surface area contributed by atoms with Gasteiger partial charge in [0, 0.05) is 18.9 Å². The summed E-state index contributed by atoms with van der Waals surface area (Å²) in [6.07, 6.45) is 6.07. The molecule has 2 aromatic rings. The molecule has 160 valence electrons. The van der Waals surface area contributed by atoms with E-state index in [1.54, 1.807) is 12.4 Å². The van der Waals surface area contributed by atoms with Crippen LogP contribution in [0.1, 0.15) is 24.0 Å². The van der Waals surface area contributed by atoms with Crippen molar-refractivity contribution in [2.75, 3.05) is 19.7 Å². The van der Waals surface area contributed by atoms with Crippen LogP contribution in [0.4, 0.5) is 0 Å². The molecule has 0 amide bonds. The molecule has 3 fully saturated rings. The standard InChI is InChI=1S/C24H31N3O3/c28-23-21(26-15-19-6-10-25-11-7-19)20-16-29-24(30-20)22(23)27-12-8-18(9-13-27)14-17-4-2-1-3-5-17/h1-7,10-11,18,20-24,26,28H,8-9,12-16H2/t20-,21+,22-,23-,24+/m0/s1. The van der Waals surface area contributed by atoms with E-state index in [0.29, 0.717) is 19.1 Å². The number of hydrogen-bond donors (Lipinski definition) is 2. The molecule has 3 aliphatic rings. The van der Waals surface area contributed by atoms with E-state index in [2.05, 4.69) is 45.5 Å². The summed E-state index contributed by atoms with van der Waals surface area (Å²) in [6, 6.07) is 14.5. The van der Waals surface area contributed by atoms with Gasteiger partial charge in [0.2, 0.25) is 0 Å². The maximum Gasteiger partial charge on any atom is 0.176 e. The Morgan fingerprint density at radius 2 is 1.80 bits per heavy atom. The fraction of sp³-hybridized carbons (Fsp3) is 0.542. The minimum atomic E-state index is -0.510. The van der Waals surface area contributed by atoms with Gasteiger partial charge >= 0.3 is 0 Å². The molecule has 3 aliphatic heterocycles. The molecule has 0 radical (unpaired) electrons. The van der Waals surface area contributed by atoms with Crippen LogP contribution in [-0.4, -0.2) is 65.3 Å². The van der Waals surface area contributed by atoms with Gasteiger partial charge in [-0.1, -0.05) is 30.3 Å². The van der Waals surface area contributed by atoms with E-state index in [0.717, 1.165) is 37.9 Å². The first-order chi connectivity index (χ1) is 14.8. The topological polar surface area (TPSA) is 66.8 Å². The van der Waals surface area contributed by atoms with Crippen LogP contribution < -0.4 is 5.32 Å². The van der Waals surface area contributed by atoms with Gasteiger partial charge in [-0.25, -0.2) is 0 Å². The summed E-state index contributed by atoms with van der Waals surface area (Å²) < 4.78 is 12.1. The average molecular weight is 410 g/mol. The number of nitrogens with one attached hydrogen (secondary N) is 1. The summed E-state index contributed by atoms with van der Waals surface area (Å²) in [5.74, 6) is 0.697. The van der Waals surface area contributed by atoms with Crippen molar-refractivity contribution in [2.24, 2.45) is 5.92 Å². The number of benzene rings is 1. The lowest BCUT2D eigenvalue weighted by molar-refractivity contribution is -0.186. The van der Waals surface area contributed by atoms with Crippen molar-refractivity contribution in [1.82, 2.24) is 15.2 Å². The molecule has 6 heteroatoms. The second-order valence-corrected chi connectivity index (χ2v) is 8.79. The summed E-state index contributed by atoms with van der Waals surface area (Å²) >= 11 is 0. The monoisotopic (exact) mass is 409 g/mol. The number of nitrogens with zero attached hydrogens (tertiary/aromatic N) is 2. The third-order valence-corrected chi connectivity index (χ3v) is 6.86. The minimum absolute atomic E-state index is 0.0984. The molecule has 0 aliphatic carbocycles. The second-order valence-electron chi connectivity index (χ2n) is 8.79. The van der Waals surface area contributed by atoms with Crippen molar-refractivity contribution >= 4 is 0 Å². The first-order valence-electron chi connectivity index (χ1n) is 11.1. The molecule has 1 aromatic heterocycles. The fourth-order valence-corrected chi connectivity index (χ4v) is 5.18. The van der Waals surface area contributed by atoms with Crippen LogP contribution in [0, 0.1) is 5.92 Å². The van der Waals surface area contributed by atoms with Crippen molar-refractivity contribution in [3.63, 3.8) is 0 Å². The molecule has 0 saturated carbocycles. The van der Waals surface area contributed by atoms with Crippen molar-refractivity contribution in [3.8, 4) is 0 Å². The highest BCUT2D eigenvalue weighted by molar-refractivity contribution is 5.15. The third kappa shape index (κ3) is 4.29. The van der Waals surface area contributed by atoms with Gasteiger partial charge in [-0.15, -0.1) is 0 Å². The van der Waals surface area contributed by atoms with Gasteiger partial charge in [0.25, 0.3) is 0 Å². The van der Waals surface area contributed by atoms with Crippen LogP contribution in [-0.2, 0) is 22.4 Å². The highest BCUT2D eigenvalue weighted by Crippen LogP contribution is 2.34. The summed E-state index contributed by atoms with van der Waals surface area (Å²) in [4.78, 5) is 6.46. The predicted molar refractivity (Wildman–Crippen MR) is 114 cm³/mol. The Labute approximate surface area is 178 Å². The van der Waals surface area contributed by atoms with Crippen molar-refractivity contribution in [1.29, 1.82) is 0 Å². The number of pyridine rings is 1. The number of likely N-dealkylation sites (tertiary alicyclic amines) is 1. The van der Waals surface area contributed by atoms with E-state index in [1.165, 1.54) is 5.56 Å². The van der Waals surface area contributed by atoms with Crippen molar-refractivity contribution in [3.05, 3.63) is 66.0 Å². The SMILES string of the molecule is O[C@H]1[C@H](NCc2ccncc2)[C@@H]2CO[C@H](O2)[C@H]1N1CCC(Cc2ccccc2)CC1. The van der Waals surface area contributed by atoms with Gasteiger partial charge in [-0.05, 0) is 61.5 Å². The Hall–Kier alpha value is -1.83. The molecule has 2 bridgehead atoms. The Bertz CT molecular complexity index is 798. The van der Waals surface area contributed by atoms with Gasteiger partial charge in [0.15, 0.2) is 6.29 Å². The van der Waals surface area contributed by atoms with Gasteiger partial charge < -0.3 is 19.9 Å². The molecule has 30 heavy (non-hydrogen) atoms. The molecule has 3 saturated heterocycles. The fourth-order valence-electron chi connectivity index (χ4n) is 5.18. The summed E-state index contributed by atoms with van der Waals surface area (Å²) in [5.41, 5.74) is 2.57. The van der Waals surface area contributed by atoms with Crippen molar-refractivity contribution < 1.29 is 14.6 Å². The molecule has 4 heterocycles. The summed E-state index contributed by atoms with van der Waals surface area (Å²) in [5, 5.41) is 14.8. The summed E-state index contributed by atoms with van der Waals surface area (Å²) in [6.45, 7) is 3.17. The van der Waals surface area contributed by atoms with E-state index in [1.807, 2.05) is 12.1 Å². The smallest absolute Gasteiger partial charge is 0.176 e.